The van der Waals surface area contributed by atoms with Gasteiger partial charge in [0.05, 0.1) is 25.4 Å². The fourth-order valence-electron chi connectivity index (χ4n) is 5.59. The number of amides is 2. The van der Waals surface area contributed by atoms with Crippen LogP contribution < -0.4 is 0 Å². The summed E-state index contributed by atoms with van der Waals surface area (Å²) in [6.07, 6.45) is 2.85. The lowest BCUT2D eigenvalue weighted by Crippen LogP contribution is -2.48. The molecular formula is C32H36N4O4. The second-order valence-electron chi connectivity index (χ2n) is 10.7. The second kappa shape index (κ2) is 11.6. The summed E-state index contributed by atoms with van der Waals surface area (Å²) in [5.74, 6) is -0.392. The largest absolute Gasteiger partial charge is 0.394 e. The molecule has 0 unspecified atom stereocenters. The number of nitrogens with zero attached hydrogens (tertiary/aromatic N) is 4. The van der Waals surface area contributed by atoms with Crippen LogP contribution in [0, 0.1) is 5.92 Å². The first-order valence-corrected chi connectivity index (χ1v) is 13.7. The van der Waals surface area contributed by atoms with E-state index in [-0.39, 0.29) is 30.4 Å². The van der Waals surface area contributed by atoms with Gasteiger partial charge in [-0.1, -0.05) is 49.4 Å². The molecule has 2 aromatic heterocycles. The van der Waals surface area contributed by atoms with Crippen LogP contribution in [0.4, 0.5) is 0 Å². The van der Waals surface area contributed by atoms with Crippen LogP contribution in [0.2, 0.25) is 0 Å². The highest BCUT2D eigenvalue weighted by Crippen LogP contribution is 2.38. The van der Waals surface area contributed by atoms with Crippen LogP contribution in [0.5, 0.6) is 0 Å². The second-order valence-corrected chi connectivity index (χ2v) is 10.7. The predicted octanol–water partition coefficient (Wildman–Crippen LogP) is 4.37. The van der Waals surface area contributed by atoms with Crippen LogP contribution in [0.15, 0.2) is 73.1 Å². The summed E-state index contributed by atoms with van der Waals surface area (Å²) >= 11 is 0. The molecule has 0 fully saturated rings. The van der Waals surface area contributed by atoms with Gasteiger partial charge in [0, 0.05) is 67.5 Å². The van der Waals surface area contributed by atoms with E-state index in [4.69, 9.17) is 4.74 Å². The zero-order valence-corrected chi connectivity index (χ0v) is 23.4. The van der Waals surface area contributed by atoms with Gasteiger partial charge in [-0.25, -0.2) is 0 Å². The van der Waals surface area contributed by atoms with Crippen molar-refractivity contribution < 1.29 is 19.4 Å². The molecule has 0 saturated heterocycles. The molecule has 5 rings (SSSR count). The topological polar surface area (TPSA) is 87.9 Å². The van der Waals surface area contributed by atoms with Gasteiger partial charge >= 0.3 is 0 Å². The Hall–Kier alpha value is -4.01. The molecule has 1 aliphatic heterocycles. The first-order valence-electron chi connectivity index (χ1n) is 13.7. The van der Waals surface area contributed by atoms with Gasteiger partial charge in [0.25, 0.3) is 11.8 Å². The molecule has 8 nitrogen and oxygen atoms in total. The monoisotopic (exact) mass is 540 g/mol. The quantitative estimate of drug-likeness (QED) is 0.406. The summed E-state index contributed by atoms with van der Waals surface area (Å²) in [7, 11) is 3.69. The maximum Gasteiger partial charge on any atom is 0.271 e. The van der Waals surface area contributed by atoms with Gasteiger partial charge in [0.2, 0.25) is 0 Å². The SMILES string of the molecule is C[C@H]1CN([C@@H](C)CO)C(=O)c2c(c3ccccc3n2C)-c2ccccc2CO[C@H]1CN(C)C(=O)c1ccncc1. The maximum absolute atomic E-state index is 14.4. The lowest BCUT2D eigenvalue weighted by atomic mass is 9.96. The average molecular weight is 541 g/mol. The summed E-state index contributed by atoms with van der Waals surface area (Å²) in [6, 6.07) is 19.0. The van der Waals surface area contributed by atoms with Gasteiger partial charge in [0.1, 0.15) is 5.69 Å². The number of aryl methyl sites for hydroxylation is 1. The van der Waals surface area contributed by atoms with Crippen molar-refractivity contribution in [3.63, 3.8) is 0 Å². The van der Waals surface area contributed by atoms with Crippen molar-refractivity contribution >= 4 is 22.7 Å². The van der Waals surface area contributed by atoms with Crippen molar-refractivity contribution in [2.45, 2.75) is 32.6 Å². The van der Waals surface area contributed by atoms with Gasteiger partial charge in [0.15, 0.2) is 0 Å². The standard InChI is InChI=1S/C32H36N4O4/c1-21-17-36(22(2)19-37)32(39)30-29(26-11-7-8-12-27(26)35(30)4)25-10-6-5-9-24(25)20-40-28(21)18-34(3)31(38)23-13-15-33-16-14-23/h5-16,21-22,28,37H,17-20H2,1-4H3/t21-,22-,28-/m0/s1. The van der Waals surface area contributed by atoms with E-state index < -0.39 is 6.04 Å². The number of rotatable bonds is 5. The summed E-state index contributed by atoms with van der Waals surface area (Å²) in [5.41, 5.74) is 4.89. The number of hydrogen-bond donors (Lipinski definition) is 1. The van der Waals surface area contributed by atoms with Gasteiger partial charge in [-0.2, -0.15) is 0 Å². The van der Waals surface area contributed by atoms with Crippen LogP contribution >= 0.6 is 0 Å². The van der Waals surface area contributed by atoms with Crippen molar-refractivity contribution in [2.75, 3.05) is 26.7 Å². The number of likely N-dealkylation sites (N-methyl/N-ethyl adjacent to an activating group) is 1. The first-order chi connectivity index (χ1) is 19.3. The van der Waals surface area contributed by atoms with Crippen molar-refractivity contribution in [1.82, 2.24) is 19.4 Å². The number of benzene rings is 2. The van der Waals surface area contributed by atoms with Gasteiger partial charge in [-0.3, -0.25) is 14.6 Å². The van der Waals surface area contributed by atoms with E-state index in [0.29, 0.717) is 31.0 Å². The molecule has 40 heavy (non-hydrogen) atoms. The molecule has 3 atom stereocenters. The van der Waals surface area contributed by atoms with Crippen molar-refractivity contribution in [3.05, 3.63) is 89.9 Å². The average Bonchev–Trinajstić information content (AvgIpc) is 3.28. The Bertz CT molecular complexity index is 1520. The third kappa shape index (κ3) is 5.12. The Morgan fingerprint density at radius 1 is 1.12 bits per heavy atom. The zero-order chi connectivity index (χ0) is 28.4. The van der Waals surface area contributed by atoms with Crippen LogP contribution in [0.3, 0.4) is 0 Å². The lowest BCUT2D eigenvalue weighted by molar-refractivity contribution is -0.0210. The Morgan fingerprint density at radius 3 is 2.58 bits per heavy atom. The third-order valence-electron chi connectivity index (χ3n) is 7.95. The Morgan fingerprint density at radius 2 is 1.82 bits per heavy atom. The van der Waals surface area contributed by atoms with Crippen molar-refractivity contribution in [1.29, 1.82) is 0 Å². The minimum Gasteiger partial charge on any atom is -0.394 e. The number of para-hydroxylation sites is 1. The van der Waals surface area contributed by atoms with E-state index in [1.165, 1.54) is 0 Å². The van der Waals surface area contributed by atoms with E-state index >= 15 is 0 Å². The van der Waals surface area contributed by atoms with Gasteiger partial charge in [-0.05, 0) is 36.2 Å². The van der Waals surface area contributed by atoms with Crippen molar-refractivity contribution in [2.24, 2.45) is 13.0 Å². The molecule has 8 heteroatoms. The summed E-state index contributed by atoms with van der Waals surface area (Å²) in [6.45, 7) is 4.76. The Kier molecular flexibility index (Phi) is 8.00. The number of aromatic nitrogens is 2. The fraction of sp³-hybridized carbons (Fsp3) is 0.344. The van der Waals surface area contributed by atoms with Crippen LogP contribution in [-0.2, 0) is 18.4 Å². The molecule has 0 radical (unpaired) electrons. The Labute approximate surface area is 234 Å². The predicted molar refractivity (Wildman–Crippen MR) is 155 cm³/mol. The molecule has 3 heterocycles. The smallest absolute Gasteiger partial charge is 0.271 e. The molecular weight excluding hydrogens is 504 g/mol. The first kappa shape index (κ1) is 27.6. The molecule has 1 N–H and O–H groups in total. The molecule has 2 amide bonds. The van der Waals surface area contributed by atoms with E-state index in [1.807, 2.05) is 74.0 Å². The molecule has 0 spiro atoms. The Balaban J connectivity index is 1.60. The number of hydrogen-bond acceptors (Lipinski definition) is 5. The molecule has 208 valence electrons. The summed E-state index contributed by atoms with van der Waals surface area (Å²) in [4.78, 5) is 35.0. The highest BCUT2D eigenvalue weighted by Gasteiger charge is 2.34. The number of carbonyl (C=O) groups excluding carboxylic acids is 2. The van der Waals surface area contributed by atoms with E-state index in [1.54, 1.807) is 41.4 Å². The number of ether oxygens (including phenoxy) is 1. The van der Waals surface area contributed by atoms with Crippen molar-refractivity contribution in [3.8, 4) is 11.1 Å². The highest BCUT2D eigenvalue weighted by molar-refractivity contribution is 6.10. The summed E-state index contributed by atoms with van der Waals surface area (Å²) in [5, 5.41) is 11.2. The molecule has 0 saturated carbocycles. The molecule has 4 aromatic rings. The number of aliphatic hydroxyl groups excluding tert-OH is 1. The molecule has 1 aliphatic rings. The van der Waals surface area contributed by atoms with E-state index in [9.17, 15) is 14.7 Å². The molecule has 2 aromatic carbocycles. The van der Waals surface area contributed by atoms with Gasteiger partial charge < -0.3 is 24.2 Å². The minimum atomic E-state index is -0.409. The number of aliphatic hydroxyl groups is 1. The highest BCUT2D eigenvalue weighted by atomic mass is 16.5. The zero-order valence-electron chi connectivity index (χ0n) is 23.4. The normalized spacial score (nSPS) is 18.5. The van der Waals surface area contributed by atoms with E-state index in [2.05, 4.69) is 4.98 Å². The number of fused-ring (bicyclic) bond motifs is 5. The summed E-state index contributed by atoms with van der Waals surface area (Å²) < 4.78 is 8.55. The maximum atomic E-state index is 14.4. The third-order valence-corrected chi connectivity index (χ3v) is 7.95. The van der Waals surface area contributed by atoms with Crippen LogP contribution in [-0.4, -0.2) is 75.2 Å². The minimum absolute atomic E-state index is 0.122. The fourth-order valence-corrected chi connectivity index (χ4v) is 5.59. The van der Waals surface area contributed by atoms with Crippen LogP contribution in [0.25, 0.3) is 22.0 Å². The van der Waals surface area contributed by atoms with Crippen LogP contribution in [0.1, 0.15) is 40.3 Å². The van der Waals surface area contributed by atoms with Gasteiger partial charge in [-0.15, -0.1) is 0 Å². The molecule has 0 aliphatic carbocycles. The lowest BCUT2D eigenvalue weighted by Gasteiger charge is -2.35. The number of carbonyl (C=O) groups is 2. The number of pyridine rings is 1. The van der Waals surface area contributed by atoms with E-state index in [0.717, 1.165) is 27.6 Å². The molecule has 0 bridgehead atoms.